The number of hydrogen-bond acceptors (Lipinski definition) is 17. The van der Waals surface area contributed by atoms with Gasteiger partial charge in [0.15, 0.2) is 5.16 Å². The maximum absolute atomic E-state index is 12.0. The van der Waals surface area contributed by atoms with Gasteiger partial charge in [-0.1, -0.05) is 17.8 Å². The van der Waals surface area contributed by atoms with Crippen molar-refractivity contribution in [1.82, 2.24) is 15.0 Å². The third-order valence-corrected chi connectivity index (χ3v) is 11.7. The minimum atomic E-state index is -4.91. The molecule has 0 unspecified atom stereocenters. The van der Waals surface area contributed by atoms with Crippen LogP contribution in [-0.4, -0.2) is 97.0 Å². The summed E-state index contributed by atoms with van der Waals surface area (Å²) in [5.74, 6) is 0.0635. The lowest BCUT2D eigenvalue weighted by molar-refractivity contribution is 0.417. The van der Waals surface area contributed by atoms with Gasteiger partial charge in [0.2, 0.25) is 5.95 Å². The average Bonchev–Trinajstić information content (AvgIpc) is 3.02. The molecule has 0 atom stereocenters. The number of nitrogens with zero attached hydrogens (tertiary/aromatic N) is 5. The van der Waals surface area contributed by atoms with Crippen LogP contribution in [0.15, 0.2) is 73.7 Å². The Kier molecular flexibility index (Phi) is 13.0. The normalized spacial score (nSPS) is 12.8. The number of anilines is 2. The second-order valence-corrected chi connectivity index (χ2v) is 18.3. The topological polar surface area (TPSA) is 302 Å². The van der Waals surface area contributed by atoms with Gasteiger partial charge in [-0.05, 0) is 48.2 Å². The highest BCUT2D eigenvalue weighted by Crippen LogP contribution is 2.34. The molecule has 0 radical (unpaired) electrons. The quantitative estimate of drug-likeness (QED) is 0.0432. The van der Waals surface area contributed by atoms with Crippen LogP contribution >= 0.6 is 23.5 Å². The predicted molar refractivity (Wildman–Crippen MR) is 188 cm³/mol. The summed E-state index contributed by atoms with van der Waals surface area (Å²) in [7, 11) is -16.6. The van der Waals surface area contributed by atoms with Gasteiger partial charge in [-0.3, -0.25) is 18.2 Å². The lowest BCUT2D eigenvalue weighted by atomic mass is 10.1. The van der Waals surface area contributed by atoms with E-state index in [0.717, 1.165) is 29.6 Å². The SMILES string of the molecule is COc1cc(/N=N/c2ccc3cc(S(=O)(=O)O)cc(S(=O)(=O)O)c3c2)ccc1Nc1nc(CSCCS(=O)(=O)O)nc(SCCCS(=O)(=O)O)n1. The molecule has 51 heavy (non-hydrogen) atoms. The molecule has 0 aliphatic rings. The van der Waals surface area contributed by atoms with E-state index in [2.05, 4.69) is 30.5 Å². The zero-order valence-corrected chi connectivity index (χ0v) is 30.9. The van der Waals surface area contributed by atoms with Crippen LogP contribution in [0.2, 0.25) is 0 Å². The number of azo groups is 1. The summed E-state index contributed by atoms with van der Waals surface area (Å²) < 4.78 is 134. The van der Waals surface area contributed by atoms with Crippen molar-refractivity contribution >= 4 is 97.8 Å². The number of benzene rings is 3. The Bertz CT molecular complexity index is 2350. The average molecular weight is 825 g/mol. The molecule has 0 spiro atoms. The van der Waals surface area contributed by atoms with E-state index in [9.17, 15) is 42.8 Å². The van der Waals surface area contributed by atoms with Crippen LogP contribution in [0.4, 0.5) is 23.0 Å². The van der Waals surface area contributed by atoms with Gasteiger partial charge in [-0.2, -0.15) is 65.6 Å². The maximum atomic E-state index is 12.0. The van der Waals surface area contributed by atoms with Gasteiger partial charge in [-0.25, -0.2) is 4.98 Å². The van der Waals surface area contributed by atoms with Crippen molar-refractivity contribution in [2.75, 3.05) is 35.4 Å². The van der Waals surface area contributed by atoms with Crippen molar-refractivity contribution in [3.8, 4) is 5.75 Å². The zero-order chi connectivity index (χ0) is 37.6. The summed E-state index contributed by atoms with van der Waals surface area (Å²) in [5, 5.41) is 11.4. The molecular weight excluding hydrogens is 797 g/mol. The van der Waals surface area contributed by atoms with Crippen LogP contribution in [0.25, 0.3) is 10.8 Å². The molecular formula is C26H28N6O13S6. The van der Waals surface area contributed by atoms with Crippen LogP contribution in [0.1, 0.15) is 12.2 Å². The first-order valence-corrected chi connectivity index (χ1v) is 22.2. The second-order valence-electron chi connectivity index (χ2n) is 10.2. The van der Waals surface area contributed by atoms with Crippen molar-refractivity contribution in [2.45, 2.75) is 27.1 Å². The lowest BCUT2D eigenvalue weighted by Crippen LogP contribution is -2.08. The Morgan fingerprint density at radius 2 is 1.43 bits per heavy atom. The Balaban J connectivity index is 1.58. The third-order valence-electron chi connectivity index (χ3n) is 6.32. The molecule has 4 rings (SSSR count). The highest BCUT2D eigenvalue weighted by atomic mass is 32.2. The Morgan fingerprint density at radius 3 is 2.06 bits per heavy atom. The molecule has 1 heterocycles. The van der Waals surface area contributed by atoms with E-state index in [1.165, 1.54) is 37.4 Å². The maximum Gasteiger partial charge on any atom is 0.295 e. The Morgan fingerprint density at radius 1 is 0.765 bits per heavy atom. The van der Waals surface area contributed by atoms with Gasteiger partial charge in [0.05, 0.1) is 46.3 Å². The number of hydrogen-bond donors (Lipinski definition) is 5. The zero-order valence-electron chi connectivity index (χ0n) is 26.0. The van der Waals surface area contributed by atoms with Gasteiger partial charge in [0.1, 0.15) is 16.5 Å². The molecule has 0 aliphatic carbocycles. The number of ether oxygens (including phenoxy) is 1. The highest BCUT2D eigenvalue weighted by molar-refractivity contribution is 7.99. The minimum absolute atomic E-state index is 0.0586. The van der Waals surface area contributed by atoms with Gasteiger partial charge >= 0.3 is 0 Å². The monoisotopic (exact) mass is 824 g/mol. The molecule has 5 N–H and O–H groups in total. The van der Waals surface area contributed by atoms with Crippen molar-refractivity contribution in [1.29, 1.82) is 0 Å². The van der Waals surface area contributed by atoms with E-state index in [0.29, 0.717) is 11.8 Å². The molecule has 4 aromatic rings. The Hall–Kier alpha value is -3.53. The smallest absolute Gasteiger partial charge is 0.295 e. The van der Waals surface area contributed by atoms with E-state index >= 15 is 0 Å². The van der Waals surface area contributed by atoms with E-state index in [1.54, 1.807) is 6.07 Å². The van der Waals surface area contributed by atoms with Crippen molar-refractivity contribution in [3.63, 3.8) is 0 Å². The van der Waals surface area contributed by atoms with E-state index in [4.69, 9.17) is 13.8 Å². The first kappa shape index (κ1) is 40.2. The van der Waals surface area contributed by atoms with Gasteiger partial charge in [-0.15, -0.1) is 0 Å². The summed E-state index contributed by atoms with van der Waals surface area (Å²) in [4.78, 5) is 11.5. The number of rotatable bonds is 17. The van der Waals surface area contributed by atoms with Gasteiger partial charge in [0.25, 0.3) is 40.5 Å². The van der Waals surface area contributed by atoms with E-state index < -0.39 is 61.8 Å². The third kappa shape index (κ3) is 12.6. The van der Waals surface area contributed by atoms with Crippen molar-refractivity contribution in [2.24, 2.45) is 10.2 Å². The van der Waals surface area contributed by atoms with Crippen molar-refractivity contribution in [3.05, 3.63) is 54.4 Å². The summed E-state index contributed by atoms with van der Waals surface area (Å²) in [6.07, 6.45) is 0.107. The number of nitrogens with one attached hydrogen (secondary N) is 1. The van der Waals surface area contributed by atoms with Gasteiger partial charge in [0, 0.05) is 23.0 Å². The Labute approximate surface area is 300 Å². The van der Waals surface area contributed by atoms with Crippen molar-refractivity contribution < 1.29 is 56.6 Å². The molecule has 3 aromatic carbocycles. The number of thioether (sulfide) groups is 2. The van der Waals surface area contributed by atoms with Crippen LogP contribution in [0.5, 0.6) is 5.75 Å². The molecule has 19 nitrogen and oxygen atoms in total. The molecule has 1 aromatic heterocycles. The largest absolute Gasteiger partial charge is 0.494 e. The van der Waals surface area contributed by atoms with Crippen LogP contribution in [0.3, 0.4) is 0 Å². The van der Waals surface area contributed by atoms with Crippen LogP contribution in [0, 0.1) is 0 Å². The number of fused-ring (bicyclic) bond motifs is 1. The number of methoxy groups -OCH3 is 1. The van der Waals surface area contributed by atoms with Crippen LogP contribution in [-0.2, 0) is 46.2 Å². The predicted octanol–water partition coefficient (Wildman–Crippen LogP) is 4.18. The minimum Gasteiger partial charge on any atom is -0.494 e. The van der Waals surface area contributed by atoms with Crippen LogP contribution < -0.4 is 10.1 Å². The van der Waals surface area contributed by atoms with E-state index in [1.807, 2.05) is 0 Å². The molecule has 25 heteroatoms. The molecule has 0 aliphatic heterocycles. The summed E-state index contributed by atoms with van der Waals surface area (Å²) in [5.41, 5.74) is 0.769. The first-order chi connectivity index (χ1) is 23.7. The molecule has 0 bridgehead atoms. The second kappa shape index (κ2) is 16.4. The molecule has 0 saturated heterocycles. The first-order valence-electron chi connectivity index (χ1n) is 14.0. The number of aromatic nitrogens is 3. The fraction of sp³-hybridized carbons (Fsp3) is 0.269. The summed E-state index contributed by atoms with van der Waals surface area (Å²) >= 11 is 2.24. The fourth-order valence-corrected chi connectivity index (χ4v) is 8.71. The standard InChI is InChI=1S/C26H28N6O13S6/c1-45-22-13-18(32-31-17-4-3-16-11-19(50(39,40)41)14-23(20(16)12-17)51(42,43)44)5-6-21(22)27-25-28-24(15-46-8-10-49(36,37)38)29-26(30-25)47-7-2-9-48(33,34)35/h3-6,11-14H,2,7-10,15H2,1H3,(H,33,34,35)(H,36,37,38)(H,39,40,41)(H,42,43,44)(H,27,28,29,30)/b32-31+. The van der Waals surface area contributed by atoms with Gasteiger partial charge < -0.3 is 10.1 Å². The molecule has 276 valence electrons. The lowest BCUT2D eigenvalue weighted by Gasteiger charge is -2.12. The molecule has 0 saturated carbocycles. The van der Waals surface area contributed by atoms with E-state index in [-0.39, 0.29) is 68.5 Å². The molecule has 0 fully saturated rings. The highest BCUT2D eigenvalue weighted by Gasteiger charge is 2.21. The fourth-order valence-electron chi connectivity index (χ4n) is 4.11. The molecule has 0 amide bonds. The summed E-state index contributed by atoms with van der Waals surface area (Å²) in [6, 6.07) is 10.2. The summed E-state index contributed by atoms with van der Waals surface area (Å²) in [6.45, 7) is 0.